The summed E-state index contributed by atoms with van der Waals surface area (Å²) in [6, 6.07) is 10.6. The molecule has 0 amide bonds. The maximum Gasteiger partial charge on any atom is 0.0234 e. The minimum atomic E-state index is 0.453. The highest BCUT2D eigenvalue weighted by molar-refractivity contribution is 5.58. The maximum absolute atomic E-state index is 7.35. The van der Waals surface area contributed by atoms with Gasteiger partial charge < -0.3 is 5.41 Å². The van der Waals surface area contributed by atoms with Crippen molar-refractivity contribution < 1.29 is 0 Å². The van der Waals surface area contributed by atoms with Crippen molar-refractivity contribution in [3.63, 3.8) is 0 Å². The molecule has 2 atom stereocenters. The van der Waals surface area contributed by atoms with Gasteiger partial charge in [0.15, 0.2) is 0 Å². The molecule has 1 heterocycles. The summed E-state index contributed by atoms with van der Waals surface area (Å²) in [5.74, 6) is 1.08. The van der Waals surface area contributed by atoms with E-state index >= 15 is 0 Å². The first-order chi connectivity index (χ1) is 7.29. The number of hydrogen-bond donors (Lipinski definition) is 1. The first-order valence-corrected chi connectivity index (χ1v) is 5.56. The first-order valence-electron chi connectivity index (χ1n) is 5.56. The summed E-state index contributed by atoms with van der Waals surface area (Å²) >= 11 is 0. The van der Waals surface area contributed by atoms with E-state index in [4.69, 9.17) is 5.41 Å². The highest BCUT2D eigenvalue weighted by Crippen LogP contribution is 2.22. The summed E-state index contributed by atoms with van der Waals surface area (Å²) in [5.41, 5.74) is 1.37. The molecule has 15 heavy (non-hydrogen) atoms. The lowest BCUT2D eigenvalue weighted by Gasteiger charge is -2.14. The van der Waals surface area contributed by atoms with Gasteiger partial charge in [0, 0.05) is 25.6 Å². The fourth-order valence-corrected chi connectivity index (χ4v) is 2.28. The van der Waals surface area contributed by atoms with Crippen molar-refractivity contribution in [1.29, 1.82) is 5.41 Å². The number of hydrogen-bond acceptors (Lipinski definition) is 2. The molecule has 1 aliphatic rings. The van der Waals surface area contributed by atoms with Crippen LogP contribution in [0.15, 0.2) is 30.3 Å². The molecule has 0 radical (unpaired) electrons. The molecule has 2 heteroatoms. The topological polar surface area (TPSA) is 27.1 Å². The Morgan fingerprint density at radius 1 is 1.33 bits per heavy atom. The Labute approximate surface area is 91.4 Å². The lowest BCUT2D eigenvalue weighted by molar-refractivity contribution is 0.319. The molecule has 2 nitrogen and oxygen atoms in total. The SMILES string of the molecule is C[C@@H]1CN(Cc2ccccc2)C[C@H]1C=N. The standard InChI is InChI=1S/C13H18N2/c1-11-8-15(10-13(11)7-14)9-12-5-3-2-4-6-12/h2-7,11,13-14H,8-10H2,1H3/t11-,13-/m1/s1. The zero-order valence-corrected chi connectivity index (χ0v) is 9.19. The second kappa shape index (κ2) is 4.58. The van der Waals surface area contributed by atoms with Crippen LogP contribution in [-0.4, -0.2) is 24.2 Å². The number of nitrogens with zero attached hydrogens (tertiary/aromatic N) is 1. The quantitative estimate of drug-likeness (QED) is 0.749. The maximum atomic E-state index is 7.35. The zero-order valence-electron chi connectivity index (χ0n) is 9.19. The summed E-state index contributed by atoms with van der Waals surface area (Å²) in [5, 5.41) is 7.35. The molecule has 1 saturated heterocycles. The van der Waals surface area contributed by atoms with Gasteiger partial charge in [0.2, 0.25) is 0 Å². The van der Waals surface area contributed by atoms with Gasteiger partial charge in [-0.3, -0.25) is 4.90 Å². The van der Waals surface area contributed by atoms with Crippen LogP contribution in [0.3, 0.4) is 0 Å². The van der Waals surface area contributed by atoms with E-state index in [-0.39, 0.29) is 0 Å². The second-order valence-electron chi connectivity index (χ2n) is 4.49. The van der Waals surface area contributed by atoms with E-state index in [1.165, 1.54) is 5.56 Å². The summed E-state index contributed by atoms with van der Waals surface area (Å²) in [4.78, 5) is 2.44. The van der Waals surface area contributed by atoms with Crippen LogP contribution >= 0.6 is 0 Å². The minimum absolute atomic E-state index is 0.453. The third-order valence-corrected chi connectivity index (χ3v) is 3.21. The number of rotatable bonds is 3. The molecule has 0 spiro atoms. The van der Waals surface area contributed by atoms with Gasteiger partial charge in [0.05, 0.1) is 0 Å². The molecule has 1 aromatic carbocycles. The van der Waals surface area contributed by atoms with Gasteiger partial charge in [0.25, 0.3) is 0 Å². The summed E-state index contributed by atoms with van der Waals surface area (Å²) in [6.07, 6.45) is 1.61. The number of likely N-dealkylation sites (tertiary alicyclic amines) is 1. The monoisotopic (exact) mass is 202 g/mol. The van der Waals surface area contributed by atoms with Gasteiger partial charge in [-0.1, -0.05) is 37.3 Å². The summed E-state index contributed by atoms with van der Waals surface area (Å²) in [7, 11) is 0. The van der Waals surface area contributed by atoms with Crippen LogP contribution in [0.2, 0.25) is 0 Å². The Kier molecular flexibility index (Phi) is 3.17. The van der Waals surface area contributed by atoms with Crippen LogP contribution < -0.4 is 0 Å². The third-order valence-electron chi connectivity index (χ3n) is 3.21. The molecule has 1 aromatic rings. The Hall–Kier alpha value is -1.15. The molecule has 0 unspecified atom stereocenters. The van der Waals surface area contributed by atoms with E-state index in [1.807, 2.05) is 0 Å². The van der Waals surface area contributed by atoms with E-state index in [0.29, 0.717) is 11.8 Å². The van der Waals surface area contributed by atoms with Crippen LogP contribution in [0, 0.1) is 17.2 Å². The third kappa shape index (κ3) is 2.45. The van der Waals surface area contributed by atoms with Gasteiger partial charge in [-0.25, -0.2) is 0 Å². The molecular formula is C13H18N2. The highest BCUT2D eigenvalue weighted by Gasteiger charge is 2.27. The van der Waals surface area contributed by atoms with Gasteiger partial charge >= 0.3 is 0 Å². The van der Waals surface area contributed by atoms with Crippen molar-refractivity contribution in [3.05, 3.63) is 35.9 Å². The Balaban J connectivity index is 1.95. The zero-order chi connectivity index (χ0) is 10.7. The van der Waals surface area contributed by atoms with Crippen molar-refractivity contribution in [2.75, 3.05) is 13.1 Å². The lowest BCUT2D eigenvalue weighted by Crippen LogP contribution is -2.20. The highest BCUT2D eigenvalue weighted by atomic mass is 15.1. The van der Waals surface area contributed by atoms with Crippen LogP contribution in [0.25, 0.3) is 0 Å². The van der Waals surface area contributed by atoms with E-state index in [2.05, 4.69) is 42.2 Å². The lowest BCUT2D eigenvalue weighted by atomic mass is 10.0. The van der Waals surface area contributed by atoms with Crippen LogP contribution in [0.1, 0.15) is 12.5 Å². The Bertz CT molecular complexity index is 321. The van der Waals surface area contributed by atoms with Crippen molar-refractivity contribution in [2.45, 2.75) is 13.5 Å². The average Bonchev–Trinajstić information content (AvgIpc) is 2.60. The molecule has 0 aromatic heterocycles. The molecule has 0 saturated carbocycles. The van der Waals surface area contributed by atoms with Gasteiger partial charge in [-0.15, -0.1) is 0 Å². The van der Waals surface area contributed by atoms with E-state index in [0.717, 1.165) is 19.6 Å². The van der Waals surface area contributed by atoms with Crippen molar-refractivity contribution in [1.82, 2.24) is 4.90 Å². The molecular weight excluding hydrogens is 184 g/mol. The Morgan fingerprint density at radius 2 is 2.07 bits per heavy atom. The minimum Gasteiger partial charge on any atom is -0.313 e. The fourth-order valence-electron chi connectivity index (χ4n) is 2.28. The molecule has 1 fully saturated rings. The molecule has 1 aliphatic heterocycles. The van der Waals surface area contributed by atoms with E-state index in [1.54, 1.807) is 6.21 Å². The normalized spacial score (nSPS) is 26.7. The number of benzene rings is 1. The van der Waals surface area contributed by atoms with Gasteiger partial charge in [-0.05, 0) is 17.7 Å². The molecule has 0 bridgehead atoms. The van der Waals surface area contributed by atoms with E-state index in [9.17, 15) is 0 Å². The van der Waals surface area contributed by atoms with Crippen molar-refractivity contribution >= 4 is 6.21 Å². The summed E-state index contributed by atoms with van der Waals surface area (Å²) in [6.45, 7) is 5.42. The number of nitrogens with one attached hydrogen (secondary N) is 1. The second-order valence-corrected chi connectivity index (χ2v) is 4.49. The largest absolute Gasteiger partial charge is 0.313 e. The van der Waals surface area contributed by atoms with E-state index < -0.39 is 0 Å². The van der Waals surface area contributed by atoms with Crippen LogP contribution in [-0.2, 0) is 6.54 Å². The molecule has 1 N–H and O–H groups in total. The first kappa shape index (κ1) is 10.4. The predicted octanol–water partition coefficient (Wildman–Crippen LogP) is 2.40. The smallest absolute Gasteiger partial charge is 0.0234 e. The molecule has 2 rings (SSSR count). The van der Waals surface area contributed by atoms with Crippen LogP contribution in [0.5, 0.6) is 0 Å². The van der Waals surface area contributed by atoms with Gasteiger partial charge in [-0.2, -0.15) is 0 Å². The Morgan fingerprint density at radius 3 is 2.67 bits per heavy atom. The molecule has 0 aliphatic carbocycles. The van der Waals surface area contributed by atoms with Crippen molar-refractivity contribution in [2.24, 2.45) is 11.8 Å². The fraction of sp³-hybridized carbons (Fsp3) is 0.462. The molecule has 80 valence electrons. The van der Waals surface area contributed by atoms with Crippen LogP contribution in [0.4, 0.5) is 0 Å². The van der Waals surface area contributed by atoms with Crippen molar-refractivity contribution in [3.8, 4) is 0 Å². The predicted molar refractivity (Wildman–Crippen MR) is 63.2 cm³/mol. The summed E-state index contributed by atoms with van der Waals surface area (Å²) < 4.78 is 0. The van der Waals surface area contributed by atoms with Gasteiger partial charge in [0.1, 0.15) is 0 Å². The average molecular weight is 202 g/mol.